The Morgan fingerprint density at radius 1 is 1.17 bits per heavy atom. The lowest BCUT2D eigenvalue weighted by molar-refractivity contribution is 0.00752. The normalized spacial score (nSPS) is 16.8. The molecule has 0 saturated carbocycles. The minimum Gasteiger partial charge on any atom is -0.379 e. The van der Waals surface area contributed by atoms with Crippen molar-refractivity contribution in [3.8, 4) is 5.69 Å². The number of ether oxygens (including phenoxy) is 1. The van der Waals surface area contributed by atoms with E-state index in [2.05, 4.69) is 57.8 Å². The molecule has 2 N–H and O–H groups in total. The molecule has 7 nitrogen and oxygen atoms in total. The predicted molar refractivity (Wildman–Crippen MR) is 118 cm³/mol. The third-order valence-corrected chi connectivity index (χ3v) is 5.35. The van der Waals surface area contributed by atoms with Crippen molar-refractivity contribution in [1.29, 1.82) is 0 Å². The van der Waals surface area contributed by atoms with Crippen molar-refractivity contribution >= 4 is 5.96 Å². The van der Waals surface area contributed by atoms with Crippen molar-refractivity contribution in [3.05, 3.63) is 48.3 Å². The summed E-state index contributed by atoms with van der Waals surface area (Å²) in [6.07, 6.45) is 4.91. The van der Waals surface area contributed by atoms with Gasteiger partial charge in [-0.15, -0.1) is 0 Å². The standard InChI is InChI=1S/C22H34N6O/c1-18(2)21(27-11-13-29-14-12-27)16-25-22(23-3)24-10-9-19-15-26-28(17-19)20-7-5-4-6-8-20/h4-8,15,17-18,21H,9-14,16H2,1-3H3,(H2,23,24,25). The zero-order valence-electron chi connectivity index (χ0n) is 17.8. The van der Waals surface area contributed by atoms with Crippen LogP contribution in [0.1, 0.15) is 19.4 Å². The number of aliphatic imine (C=N–C) groups is 1. The van der Waals surface area contributed by atoms with Gasteiger partial charge in [0.15, 0.2) is 5.96 Å². The van der Waals surface area contributed by atoms with Crippen molar-refractivity contribution in [1.82, 2.24) is 25.3 Å². The molecule has 0 spiro atoms. The molecule has 7 heteroatoms. The summed E-state index contributed by atoms with van der Waals surface area (Å²) < 4.78 is 7.41. The van der Waals surface area contributed by atoms with Crippen molar-refractivity contribution < 1.29 is 4.74 Å². The van der Waals surface area contributed by atoms with Crippen LogP contribution in [0.3, 0.4) is 0 Å². The number of hydrogen-bond donors (Lipinski definition) is 2. The molecule has 1 aromatic heterocycles. The highest BCUT2D eigenvalue weighted by atomic mass is 16.5. The second-order valence-electron chi connectivity index (χ2n) is 7.72. The third kappa shape index (κ3) is 6.30. The molecule has 1 fully saturated rings. The molecule has 29 heavy (non-hydrogen) atoms. The average Bonchev–Trinajstić information content (AvgIpc) is 3.23. The van der Waals surface area contributed by atoms with Crippen LogP contribution in [0, 0.1) is 5.92 Å². The van der Waals surface area contributed by atoms with Crippen LogP contribution in [0.2, 0.25) is 0 Å². The molecule has 3 rings (SSSR count). The van der Waals surface area contributed by atoms with Gasteiger partial charge in [0.25, 0.3) is 0 Å². The van der Waals surface area contributed by atoms with E-state index in [1.165, 1.54) is 5.56 Å². The summed E-state index contributed by atoms with van der Waals surface area (Å²) in [7, 11) is 1.82. The highest BCUT2D eigenvalue weighted by molar-refractivity contribution is 5.79. The van der Waals surface area contributed by atoms with Gasteiger partial charge >= 0.3 is 0 Å². The Morgan fingerprint density at radius 3 is 2.62 bits per heavy atom. The van der Waals surface area contributed by atoms with Crippen LogP contribution in [0.4, 0.5) is 0 Å². The van der Waals surface area contributed by atoms with E-state index in [1.54, 1.807) is 0 Å². The fourth-order valence-electron chi connectivity index (χ4n) is 3.65. The van der Waals surface area contributed by atoms with Crippen LogP contribution in [-0.2, 0) is 11.2 Å². The number of rotatable bonds is 8. The van der Waals surface area contributed by atoms with Crippen LogP contribution in [0.5, 0.6) is 0 Å². The first kappa shape index (κ1) is 21.3. The summed E-state index contributed by atoms with van der Waals surface area (Å²) in [4.78, 5) is 6.90. The summed E-state index contributed by atoms with van der Waals surface area (Å²) in [6, 6.07) is 10.6. The molecule has 1 saturated heterocycles. The van der Waals surface area contributed by atoms with E-state index in [0.29, 0.717) is 12.0 Å². The Labute approximate surface area is 174 Å². The molecule has 1 aromatic carbocycles. The Bertz CT molecular complexity index is 752. The molecule has 0 bridgehead atoms. The molecule has 158 valence electrons. The topological polar surface area (TPSA) is 66.7 Å². The predicted octanol–water partition coefficient (Wildman–Crippen LogP) is 1.94. The minimum absolute atomic E-state index is 0.474. The van der Waals surface area contributed by atoms with Crippen molar-refractivity contribution in [2.75, 3.05) is 46.4 Å². The molecule has 1 aliphatic rings. The largest absolute Gasteiger partial charge is 0.379 e. The van der Waals surface area contributed by atoms with Gasteiger partial charge in [0.05, 0.1) is 25.1 Å². The van der Waals surface area contributed by atoms with Gasteiger partial charge in [0, 0.05) is 45.5 Å². The fraction of sp³-hybridized carbons (Fsp3) is 0.545. The number of benzene rings is 1. The zero-order valence-corrected chi connectivity index (χ0v) is 17.8. The van der Waals surface area contributed by atoms with E-state index in [1.807, 2.05) is 36.1 Å². The summed E-state index contributed by atoms with van der Waals surface area (Å²) in [6.45, 7) is 9.90. The highest BCUT2D eigenvalue weighted by Crippen LogP contribution is 2.12. The Kier molecular flexibility index (Phi) is 8.07. The van der Waals surface area contributed by atoms with Gasteiger partial charge in [-0.2, -0.15) is 5.10 Å². The van der Waals surface area contributed by atoms with E-state index in [4.69, 9.17) is 4.74 Å². The summed E-state index contributed by atoms with van der Waals surface area (Å²) in [5, 5.41) is 11.4. The van der Waals surface area contributed by atoms with Crippen LogP contribution >= 0.6 is 0 Å². The van der Waals surface area contributed by atoms with E-state index < -0.39 is 0 Å². The maximum absolute atomic E-state index is 5.50. The molecule has 0 aliphatic carbocycles. The molecular formula is C22H34N6O. The number of guanidine groups is 1. The quantitative estimate of drug-likeness (QED) is 0.525. The number of hydrogen-bond acceptors (Lipinski definition) is 4. The molecule has 1 unspecified atom stereocenters. The van der Waals surface area contributed by atoms with Crippen LogP contribution in [0.25, 0.3) is 5.69 Å². The summed E-state index contributed by atoms with van der Waals surface area (Å²) in [5.41, 5.74) is 2.28. The van der Waals surface area contributed by atoms with Crippen molar-refractivity contribution in [2.45, 2.75) is 26.3 Å². The molecule has 0 radical (unpaired) electrons. The first-order valence-electron chi connectivity index (χ1n) is 10.5. The smallest absolute Gasteiger partial charge is 0.191 e. The lowest BCUT2D eigenvalue weighted by atomic mass is 10.0. The maximum Gasteiger partial charge on any atom is 0.191 e. The maximum atomic E-state index is 5.50. The van der Waals surface area contributed by atoms with E-state index in [0.717, 1.165) is 57.5 Å². The number of nitrogens with one attached hydrogen (secondary N) is 2. The van der Waals surface area contributed by atoms with Gasteiger partial charge in [0.2, 0.25) is 0 Å². The second kappa shape index (κ2) is 11.0. The fourth-order valence-corrected chi connectivity index (χ4v) is 3.65. The second-order valence-corrected chi connectivity index (χ2v) is 7.72. The first-order valence-corrected chi connectivity index (χ1v) is 10.5. The lowest BCUT2D eigenvalue weighted by Crippen LogP contribution is -2.52. The Morgan fingerprint density at radius 2 is 1.93 bits per heavy atom. The SMILES string of the molecule is CN=C(NCCc1cnn(-c2ccccc2)c1)NCC(C(C)C)N1CCOCC1. The van der Waals surface area contributed by atoms with Gasteiger partial charge < -0.3 is 15.4 Å². The molecule has 1 atom stereocenters. The Balaban J connectivity index is 1.45. The number of morpholine rings is 1. The van der Waals surface area contributed by atoms with Crippen molar-refractivity contribution in [3.63, 3.8) is 0 Å². The van der Waals surface area contributed by atoms with Gasteiger partial charge in [-0.3, -0.25) is 9.89 Å². The highest BCUT2D eigenvalue weighted by Gasteiger charge is 2.23. The number of nitrogens with zero attached hydrogens (tertiary/aromatic N) is 4. The van der Waals surface area contributed by atoms with E-state index >= 15 is 0 Å². The van der Waals surface area contributed by atoms with Gasteiger partial charge in [-0.1, -0.05) is 32.0 Å². The van der Waals surface area contributed by atoms with E-state index in [-0.39, 0.29) is 0 Å². The average molecular weight is 399 g/mol. The summed E-state index contributed by atoms with van der Waals surface area (Å²) >= 11 is 0. The molecule has 2 heterocycles. The number of para-hydroxylation sites is 1. The van der Waals surface area contributed by atoms with Gasteiger partial charge in [-0.05, 0) is 30.0 Å². The third-order valence-electron chi connectivity index (χ3n) is 5.35. The molecule has 2 aromatic rings. The summed E-state index contributed by atoms with van der Waals surface area (Å²) in [5.74, 6) is 1.42. The van der Waals surface area contributed by atoms with Crippen molar-refractivity contribution in [2.24, 2.45) is 10.9 Å². The van der Waals surface area contributed by atoms with Gasteiger partial charge in [0.1, 0.15) is 0 Å². The van der Waals surface area contributed by atoms with Gasteiger partial charge in [-0.25, -0.2) is 4.68 Å². The lowest BCUT2D eigenvalue weighted by Gasteiger charge is -2.37. The van der Waals surface area contributed by atoms with E-state index in [9.17, 15) is 0 Å². The zero-order chi connectivity index (χ0) is 20.5. The monoisotopic (exact) mass is 398 g/mol. The van der Waals surface area contributed by atoms with Crippen LogP contribution in [-0.4, -0.2) is 73.1 Å². The number of aromatic nitrogens is 2. The minimum atomic E-state index is 0.474. The molecule has 1 aliphatic heterocycles. The van der Waals surface area contributed by atoms with Crippen LogP contribution < -0.4 is 10.6 Å². The first-order chi connectivity index (χ1) is 14.2. The Hall–Kier alpha value is -2.38. The van der Waals surface area contributed by atoms with Crippen LogP contribution in [0.15, 0.2) is 47.7 Å². The molecular weight excluding hydrogens is 364 g/mol. The molecule has 0 amide bonds.